The number of rotatable bonds is 1. The molecule has 1 aromatic carbocycles. The third kappa shape index (κ3) is 3.12. The molecule has 3 heteroatoms. The number of benzene rings is 1. The Kier molecular flexibility index (Phi) is 5.38. The molecule has 1 unspecified atom stereocenters. The van der Waals surface area contributed by atoms with E-state index < -0.39 is 0 Å². The Hall–Kier alpha value is -0.420. The number of halogens is 1. The summed E-state index contributed by atoms with van der Waals surface area (Å²) in [5, 5.41) is 1.45. The standard InChI is InChI=1S/C19H25NS.HI/c1-6-20-17-13(2)8-7-9-16(17)21-18(20)15-10-11-19(4,5)12-14(15)3;/h7-11,14H,6,12H2,1-5H3;1H. The van der Waals surface area contributed by atoms with E-state index in [-0.39, 0.29) is 24.0 Å². The van der Waals surface area contributed by atoms with E-state index >= 15 is 0 Å². The Bertz CT molecular complexity index is 630. The van der Waals surface area contributed by atoms with Crippen LogP contribution in [-0.4, -0.2) is 6.54 Å². The third-order valence-corrected chi connectivity index (χ3v) is 5.76. The van der Waals surface area contributed by atoms with Crippen molar-refractivity contribution in [2.75, 3.05) is 11.4 Å². The van der Waals surface area contributed by atoms with E-state index in [1.165, 1.54) is 33.2 Å². The minimum absolute atomic E-state index is 0. The number of para-hydroxylation sites is 1. The summed E-state index contributed by atoms with van der Waals surface area (Å²) in [4.78, 5) is 3.91. The number of aryl methyl sites for hydroxylation is 1. The van der Waals surface area contributed by atoms with Gasteiger partial charge in [-0.1, -0.05) is 56.8 Å². The topological polar surface area (TPSA) is 3.24 Å². The van der Waals surface area contributed by atoms with Crippen molar-refractivity contribution in [1.29, 1.82) is 0 Å². The highest BCUT2D eigenvalue weighted by Crippen LogP contribution is 2.51. The van der Waals surface area contributed by atoms with Crippen LogP contribution in [0.5, 0.6) is 0 Å². The normalized spacial score (nSPS) is 25.9. The predicted molar refractivity (Wildman–Crippen MR) is 109 cm³/mol. The van der Waals surface area contributed by atoms with Gasteiger partial charge in [0.05, 0.1) is 10.7 Å². The molecule has 1 aliphatic carbocycles. The zero-order valence-electron chi connectivity index (χ0n) is 14.1. The molecule has 1 nitrogen and oxygen atoms in total. The maximum Gasteiger partial charge on any atom is 0.0836 e. The lowest BCUT2D eigenvalue weighted by Crippen LogP contribution is -2.24. The molecule has 2 aliphatic rings. The van der Waals surface area contributed by atoms with Crippen LogP contribution in [0.3, 0.4) is 0 Å². The van der Waals surface area contributed by atoms with E-state index in [1.54, 1.807) is 0 Å². The van der Waals surface area contributed by atoms with Crippen LogP contribution in [0.15, 0.2) is 45.8 Å². The quantitative estimate of drug-likeness (QED) is 0.479. The molecule has 22 heavy (non-hydrogen) atoms. The van der Waals surface area contributed by atoms with Crippen LogP contribution in [-0.2, 0) is 0 Å². The smallest absolute Gasteiger partial charge is 0.0836 e. The summed E-state index contributed by atoms with van der Waals surface area (Å²) in [6, 6.07) is 6.65. The van der Waals surface area contributed by atoms with Gasteiger partial charge in [-0.3, -0.25) is 0 Å². The van der Waals surface area contributed by atoms with Gasteiger partial charge >= 0.3 is 0 Å². The van der Waals surface area contributed by atoms with Crippen molar-refractivity contribution in [2.45, 2.75) is 45.9 Å². The number of anilines is 1. The molecule has 0 fully saturated rings. The fraction of sp³-hybridized carbons (Fsp3) is 0.474. The average Bonchev–Trinajstić information content (AvgIpc) is 2.77. The Balaban J connectivity index is 0.00000176. The lowest BCUT2D eigenvalue weighted by atomic mass is 9.75. The van der Waals surface area contributed by atoms with E-state index in [4.69, 9.17) is 0 Å². The summed E-state index contributed by atoms with van der Waals surface area (Å²) < 4.78 is 0. The summed E-state index contributed by atoms with van der Waals surface area (Å²) in [5.74, 6) is 0.621. The summed E-state index contributed by atoms with van der Waals surface area (Å²) in [5.41, 5.74) is 4.63. The van der Waals surface area contributed by atoms with Gasteiger partial charge in [-0.05, 0) is 48.8 Å². The van der Waals surface area contributed by atoms with Gasteiger partial charge in [0.15, 0.2) is 0 Å². The molecule has 0 aromatic heterocycles. The Labute approximate surface area is 156 Å². The number of hydrogen-bond donors (Lipinski definition) is 0. The largest absolute Gasteiger partial charge is 0.335 e. The fourth-order valence-corrected chi connectivity index (χ4v) is 5.01. The predicted octanol–water partition coefficient (Wildman–Crippen LogP) is 6.38. The summed E-state index contributed by atoms with van der Waals surface area (Å²) in [7, 11) is 0. The monoisotopic (exact) mass is 427 g/mol. The van der Waals surface area contributed by atoms with Crippen LogP contribution in [0.1, 0.15) is 39.7 Å². The zero-order chi connectivity index (χ0) is 15.2. The van der Waals surface area contributed by atoms with Crippen molar-refractivity contribution >= 4 is 41.4 Å². The molecule has 1 aromatic rings. The Morgan fingerprint density at radius 3 is 2.68 bits per heavy atom. The van der Waals surface area contributed by atoms with Crippen molar-refractivity contribution in [3.05, 3.63) is 46.5 Å². The van der Waals surface area contributed by atoms with Gasteiger partial charge < -0.3 is 4.90 Å². The molecule has 0 bridgehead atoms. The average molecular weight is 427 g/mol. The van der Waals surface area contributed by atoms with Gasteiger partial charge in [-0.15, -0.1) is 24.0 Å². The Morgan fingerprint density at radius 1 is 1.32 bits per heavy atom. The minimum Gasteiger partial charge on any atom is -0.335 e. The molecular weight excluding hydrogens is 401 g/mol. The van der Waals surface area contributed by atoms with Crippen LogP contribution >= 0.6 is 35.7 Å². The fourth-order valence-electron chi connectivity index (χ4n) is 3.57. The van der Waals surface area contributed by atoms with Crippen LogP contribution in [0.2, 0.25) is 0 Å². The molecule has 120 valence electrons. The molecule has 1 aliphatic heterocycles. The molecule has 0 spiro atoms. The number of hydrogen-bond acceptors (Lipinski definition) is 2. The van der Waals surface area contributed by atoms with E-state index in [1.807, 2.05) is 11.8 Å². The molecule has 0 amide bonds. The summed E-state index contributed by atoms with van der Waals surface area (Å²) >= 11 is 1.95. The molecule has 0 saturated carbocycles. The number of thioether (sulfide) groups is 1. The SMILES string of the molecule is CCN1C(=C2C=CC(C)(C)CC2C)Sc2cccc(C)c21.I. The molecular formula is C19H26INS. The second kappa shape index (κ2) is 6.60. The van der Waals surface area contributed by atoms with E-state index in [0.29, 0.717) is 11.3 Å². The zero-order valence-corrected chi connectivity index (χ0v) is 17.3. The van der Waals surface area contributed by atoms with Gasteiger partial charge in [-0.25, -0.2) is 0 Å². The maximum absolute atomic E-state index is 2.50. The lowest BCUT2D eigenvalue weighted by Gasteiger charge is -2.32. The molecule has 0 saturated heterocycles. The van der Waals surface area contributed by atoms with E-state index in [9.17, 15) is 0 Å². The van der Waals surface area contributed by atoms with Gasteiger partial charge in [-0.2, -0.15) is 0 Å². The molecule has 1 atom stereocenters. The van der Waals surface area contributed by atoms with Crippen molar-refractivity contribution in [2.24, 2.45) is 11.3 Å². The van der Waals surface area contributed by atoms with Crippen molar-refractivity contribution in [1.82, 2.24) is 0 Å². The Morgan fingerprint density at radius 2 is 2.05 bits per heavy atom. The summed E-state index contributed by atoms with van der Waals surface area (Å²) in [6.07, 6.45) is 6.00. The van der Waals surface area contributed by atoms with Gasteiger partial charge in [0.25, 0.3) is 0 Å². The highest BCUT2D eigenvalue weighted by molar-refractivity contribution is 14.0. The van der Waals surface area contributed by atoms with Crippen molar-refractivity contribution in [3.63, 3.8) is 0 Å². The first kappa shape index (κ1) is 17.9. The summed E-state index contributed by atoms with van der Waals surface area (Å²) in [6.45, 7) is 12.5. The first-order valence-electron chi connectivity index (χ1n) is 7.91. The van der Waals surface area contributed by atoms with Crippen molar-refractivity contribution in [3.8, 4) is 0 Å². The second-order valence-corrected chi connectivity index (χ2v) is 7.99. The lowest BCUT2D eigenvalue weighted by molar-refractivity contribution is 0.366. The number of allylic oxidation sites excluding steroid dienone is 3. The van der Waals surface area contributed by atoms with Crippen LogP contribution in [0.25, 0.3) is 0 Å². The van der Waals surface area contributed by atoms with E-state index in [2.05, 4.69) is 69.9 Å². The van der Waals surface area contributed by atoms with Gasteiger partial charge in [0.1, 0.15) is 0 Å². The van der Waals surface area contributed by atoms with Gasteiger partial charge in [0, 0.05) is 11.4 Å². The maximum atomic E-state index is 2.50. The van der Waals surface area contributed by atoms with Crippen LogP contribution in [0.4, 0.5) is 5.69 Å². The molecule has 1 heterocycles. The van der Waals surface area contributed by atoms with Crippen molar-refractivity contribution < 1.29 is 0 Å². The second-order valence-electron chi connectivity index (χ2n) is 6.96. The molecule has 0 N–H and O–H groups in total. The minimum atomic E-state index is 0. The highest BCUT2D eigenvalue weighted by Gasteiger charge is 2.32. The number of nitrogens with zero attached hydrogens (tertiary/aromatic N) is 1. The first-order valence-corrected chi connectivity index (χ1v) is 8.73. The van der Waals surface area contributed by atoms with Crippen LogP contribution in [0, 0.1) is 18.3 Å². The van der Waals surface area contributed by atoms with E-state index in [0.717, 1.165) is 6.54 Å². The van der Waals surface area contributed by atoms with Crippen LogP contribution < -0.4 is 4.90 Å². The first-order chi connectivity index (χ1) is 9.93. The molecule has 0 radical (unpaired) electrons. The molecule has 3 rings (SSSR count). The number of fused-ring (bicyclic) bond motifs is 1. The highest BCUT2D eigenvalue weighted by atomic mass is 127. The third-order valence-electron chi connectivity index (χ3n) is 4.56. The van der Waals surface area contributed by atoms with Gasteiger partial charge in [0.2, 0.25) is 0 Å².